The van der Waals surface area contributed by atoms with Crippen LogP contribution in [0.4, 0.5) is 0 Å². The Hall–Kier alpha value is -0.480. The summed E-state index contributed by atoms with van der Waals surface area (Å²) in [7, 11) is 1.98. The normalized spacial score (nSPS) is 13.3. The van der Waals surface area contributed by atoms with Crippen LogP contribution < -0.4 is 5.32 Å². The van der Waals surface area contributed by atoms with Gasteiger partial charge in [0.2, 0.25) is 0 Å². The van der Waals surface area contributed by atoms with Crippen LogP contribution in [0.3, 0.4) is 0 Å². The van der Waals surface area contributed by atoms with Gasteiger partial charge in [0.25, 0.3) is 0 Å². The van der Waals surface area contributed by atoms with E-state index in [0.717, 1.165) is 17.8 Å². The minimum Gasteiger partial charge on any atom is -0.317 e. The Labute approximate surface area is 70.9 Å². The zero-order valence-electron chi connectivity index (χ0n) is 6.87. The van der Waals surface area contributed by atoms with E-state index in [9.17, 15) is 0 Å². The van der Waals surface area contributed by atoms with Crippen LogP contribution in [0.1, 0.15) is 18.4 Å². The number of nitrogens with zero attached hydrogens (tertiary/aromatic N) is 2. The molecular formula is C7H13N3S. The third-order valence-corrected chi connectivity index (χ3v) is 2.45. The highest BCUT2D eigenvalue weighted by molar-refractivity contribution is 7.09. The summed E-state index contributed by atoms with van der Waals surface area (Å²) in [5.41, 5.74) is 1.78. The molecule has 11 heavy (non-hydrogen) atoms. The predicted octanol–water partition coefficient (Wildman–Crippen LogP) is 1.08. The summed E-state index contributed by atoms with van der Waals surface area (Å²) >= 11 is 1.62. The summed E-state index contributed by atoms with van der Waals surface area (Å²) in [5, 5.41) is 12.1. The summed E-state index contributed by atoms with van der Waals surface area (Å²) in [4.78, 5) is 0. The van der Waals surface area contributed by atoms with Gasteiger partial charge in [-0.1, -0.05) is 6.92 Å². The lowest BCUT2D eigenvalue weighted by molar-refractivity contribution is 0.540. The molecule has 0 saturated heterocycles. The minimum absolute atomic E-state index is 0.544. The molecule has 3 nitrogen and oxygen atoms in total. The fraction of sp³-hybridized carbons (Fsp3) is 0.714. The summed E-state index contributed by atoms with van der Waals surface area (Å²) in [6, 6.07) is 0.544. The highest BCUT2D eigenvalue weighted by atomic mass is 32.1. The van der Waals surface area contributed by atoms with Crippen molar-refractivity contribution in [2.24, 2.45) is 0 Å². The molecule has 1 atom stereocenters. The number of nitrogens with one attached hydrogen (secondary N) is 1. The van der Waals surface area contributed by atoms with Gasteiger partial charge in [0.15, 0.2) is 0 Å². The van der Waals surface area contributed by atoms with E-state index in [0.29, 0.717) is 6.04 Å². The van der Waals surface area contributed by atoms with Crippen molar-refractivity contribution in [3.05, 3.63) is 10.5 Å². The van der Waals surface area contributed by atoms with Crippen LogP contribution in [-0.4, -0.2) is 23.3 Å². The molecule has 0 bridgehead atoms. The number of hydrogen-bond acceptors (Lipinski definition) is 4. The first-order valence-electron chi connectivity index (χ1n) is 3.79. The van der Waals surface area contributed by atoms with Crippen molar-refractivity contribution in [1.29, 1.82) is 0 Å². The highest BCUT2D eigenvalue weighted by Crippen LogP contribution is 2.06. The first kappa shape index (κ1) is 8.62. The maximum atomic E-state index is 3.98. The van der Waals surface area contributed by atoms with Crippen molar-refractivity contribution in [2.45, 2.75) is 25.8 Å². The second-order valence-electron chi connectivity index (χ2n) is 2.43. The van der Waals surface area contributed by atoms with Gasteiger partial charge in [0, 0.05) is 12.5 Å². The number of hydrogen-bond donors (Lipinski definition) is 1. The second kappa shape index (κ2) is 4.41. The number of likely N-dealkylation sites (N-methyl/N-ethyl adjacent to an activating group) is 1. The molecule has 4 heteroatoms. The van der Waals surface area contributed by atoms with Crippen LogP contribution in [0.5, 0.6) is 0 Å². The molecule has 1 rings (SSSR count). The molecule has 0 aliphatic rings. The maximum absolute atomic E-state index is 3.98. The van der Waals surface area contributed by atoms with Gasteiger partial charge in [-0.2, -0.15) is 0 Å². The minimum atomic E-state index is 0.544. The van der Waals surface area contributed by atoms with Crippen LogP contribution in [-0.2, 0) is 6.42 Å². The zero-order chi connectivity index (χ0) is 8.10. The Bertz CT molecular complexity index is 182. The van der Waals surface area contributed by atoms with E-state index in [1.54, 1.807) is 16.8 Å². The average molecular weight is 171 g/mol. The van der Waals surface area contributed by atoms with Crippen molar-refractivity contribution in [3.8, 4) is 0 Å². The Balaban J connectivity index is 2.41. The van der Waals surface area contributed by atoms with E-state index >= 15 is 0 Å². The molecule has 1 aromatic rings. The van der Waals surface area contributed by atoms with Gasteiger partial charge in [-0.3, -0.25) is 0 Å². The van der Waals surface area contributed by atoms with Gasteiger partial charge in [-0.05, 0) is 13.5 Å². The van der Waals surface area contributed by atoms with E-state index in [1.165, 1.54) is 0 Å². The van der Waals surface area contributed by atoms with Crippen molar-refractivity contribution >= 4 is 11.3 Å². The van der Waals surface area contributed by atoms with E-state index < -0.39 is 0 Å². The first-order valence-corrected chi connectivity index (χ1v) is 4.67. The smallest absolute Gasteiger partial charge is 0.118 e. The molecule has 1 aromatic heterocycles. The molecule has 0 aliphatic heterocycles. The van der Waals surface area contributed by atoms with Crippen LogP contribution in [0.25, 0.3) is 0 Å². The lowest BCUT2D eigenvalue weighted by atomic mass is 10.2. The Morgan fingerprint density at radius 1 is 1.73 bits per heavy atom. The fourth-order valence-corrected chi connectivity index (χ4v) is 1.55. The highest BCUT2D eigenvalue weighted by Gasteiger charge is 2.05. The maximum Gasteiger partial charge on any atom is 0.118 e. The molecule has 0 radical (unpaired) electrons. The first-order chi connectivity index (χ1) is 5.36. The van der Waals surface area contributed by atoms with E-state index in [2.05, 4.69) is 22.4 Å². The lowest BCUT2D eigenvalue weighted by Gasteiger charge is -2.10. The van der Waals surface area contributed by atoms with E-state index in [1.807, 2.05) is 7.05 Å². The molecule has 0 amide bonds. The van der Waals surface area contributed by atoms with Gasteiger partial charge in [0.1, 0.15) is 10.5 Å². The third kappa shape index (κ3) is 2.55. The van der Waals surface area contributed by atoms with Crippen molar-refractivity contribution in [1.82, 2.24) is 15.5 Å². The Kier molecular flexibility index (Phi) is 3.45. The van der Waals surface area contributed by atoms with Gasteiger partial charge in [-0.25, -0.2) is 0 Å². The summed E-state index contributed by atoms with van der Waals surface area (Å²) in [5.74, 6) is 0. The molecule has 1 heterocycles. The van der Waals surface area contributed by atoms with E-state index in [4.69, 9.17) is 0 Å². The van der Waals surface area contributed by atoms with Crippen molar-refractivity contribution < 1.29 is 0 Å². The number of rotatable bonds is 4. The molecule has 0 spiro atoms. The van der Waals surface area contributed by atoms with Crippen LogP contribution in [0.2, 0.25) is 0 Å². The van der Waals surface area contributed by atoms with Crippen molar-refractivity contribution in [3.63, 3.8) is 0 Å². The molecule has 62 valence electrons. The third-order valence-electron chi connectivity index (χ3n) is 1.73. The zero-order valence-corrected chi connectivity index (χ0v) is 7.69. The van der Waals surface area contributed by atoms with Crippen LogP contribution in [0.15, 0.2) is 5.51 Å². The largest absolute Gasteiger partial charge is 0.317 e. The van der Waals surface area contributed by atoms with E-state index in [-0.39, 0.29) is 0 Å². The SMILES string of the molecule is CCC(Cc1nncs1)NC. The van der Waals surface area contributed by atoms with Crippen LogP contribution in [0, 0.1) is 0 Å². The molecular weight excluding hydrogens is 158 g/mol. The lowest BCUT2D eigenvalue weighted by Crippen LogP contribution is -2.26. The molecule has 0 aromatic carbocycles. The fourth-order valence-electron chi connectivity index (χ4n) is 0.946. The summed E-state index contributed by atoms with van der Waals surface area (Å²) in [6.45, 7) is 2.17. The molecule has 0 aliphatic carbocycles. The Morgan fingerprint density at radius 2 is 2.55 bits per heavy atom. The Morgan fingerprint density at radius 3 is 3.00 bits per heavy atom. The standard InChI is InChI=1S/C7H13N3S/c1-3-6(8-2)4-7-10-9-5-11-7/h5-6,8H,3-4H2,1-2H3. The average Bonchev–Trinajstić information content (AvgIpc) is 2.52. The monoisotopic (exact) mass is 171 g/mol. The van der Waals surface area contributed by atoms with Gasteiger partial charge in [-0.15, -0.1) is 21.5 Å². The molecule has 0 fully saturated rings. The van der Waals surface area contributed by atoms with Gasteiger partial charge >= 0.3 is 0 Å². The van der Waals surface area contributed by atoms with Gasteiger partial charge < -0.3 is 5.32 Å². The summed E-state index contributed by atoms with van der Waals surface area (Å²) < 4.78 is 0. The number of aromatic nitrogens is 2. The van der Waals surface area contributed by atoms with Crippen LogP contribution >= 0.6 is 11.3 Å². The quantitative estimate of drug-likeness (QED) is 0.736. The molecule has 1 unspecified atom stereocenters. The van der Waals surface area contributed by atoms with Crippen molar-refractivity contribution in [2.75, 3.05) is 7.05 Å². The topological polar surface area (TPSA) is 37.8 Å². The molecule has 1 N–H and O–H groups in total. The predicted molar refractivity (Wildman–Crippen MR) is 46.8 cm³/mol. The summed E-state index contributed by atoms with van der Waals surface area (Å²) in [6.07, 6.45) is 2.13. The molecule has 0 saturated carbocycles. The van der Waals surface area contributed by atoms with Gasteiger partial charge in [0.05, 0.1) is 0 Å². The second-order valence-corrected chi connectivity index (χ2v) is 3.35.